The lowest BCUT2D eigenvalue weighted by atomic mass is 10.2. The van der Waals surface area contributed by atoms with Crippen LogP contribution in [0.1, 0.15) is 56.9 Å². The van der Waals surface area contributed by atoms with Gasteiger partial charge in [-0.2, -0.15) is 4.31 Å². The predicted octanol–water partition coefficient (Wildman–Crippen LogP) is 4.42. The quantitative estimate of drug-likeness (QED) is 0.813. The van der Waals surface area contributed by atoms with Crippen molar-refractivity contribution in [1.82, 2.24) is 9.29 Å². The molecule has 2 saturated carbocycles. The molecule has 134 valence electrons. The van der Waals surface area contributed by atoms with Gasteiger partial charge in [0, 0.05) is 23.7 Å². The van der Waals surface area contributed by atoms with Crippen molar-refractivity contribution < 1.29 is 8.42 Å². The Kier molecular flexibility index (Phi) is 4.54. The minimum atomic E-state index is -3.54. The molecule has 25 heavy (non-hydrogen) atoms. The highest BCUT2D eigenvalue weighted by Crippen LogP contribution is 2.37. The van der Waals surface area contributed by atoms with Crippen LogP contribution in [-0.4, -0.2) is 29.8 Å². The van der Waals surface area contributed by atoms with Crippen molar-refractivity contribution in [2.24, 2.45) is 0 Å². The molecule has 0 N–H and O–H groups in total. The summed E-state index contributed by atoms with van der Waals surface area (Å²) in [5, 5.41) is 0.902. The smallest absolute Gasteiger partial charge is 0.245 e. The van der Waals surface area contributed by atoms with Crippen molar-refractivity contribution in [3.8, 4) is 0 Å². The Morgan fingerprint density at radius 3 is 2.20 bits per heavy atom. The van der Waals surface area contributed by atoms with Crippen molar-refractivity contribution in [1.29, 1.82) is 0 Å². The Balaban J connectivity index is 1.83. The molecule has 2 aliphatic carbocycles. The van der Waals surface area contributed by atoms with Crippen LogP contribution < -0.4 is 0 Å². The van der Waals surface area contributed by atoms with E-state index in [0.717, 1.165) is 62.3 Å². The number of fused-ring (bicyclic) bond motifs is 1. The van der Waals surface area contributed by atoms with E-state index >= 15 is 0 Å². The maximum atomic E-state index is 13.7. The number of hydrogen-bond acceptors (Lipinski definition) is 3. The van der Waals surface area contributed by atoms with Crippen LogP contribution in [0.2, 0.25) is 0 Å². The van der Waals surface area contributed by atoms with Crippen molar-refractivity contribution in [2.75, 3.05) is 0 Å². The van der Waals surface area contributed by atoms with E-state index in [-0.39, 0.29) is 12.1 Å². The number of sulfonamides is 1. The molecular weight excluding hydrogens is 332 g/mol. The van der Waals surface area contributed by atoms with E-state index in [0.29, 0.717) is 10.4 Å². The summed E-state index contributed by atoms with van der Waals surface area (Å²) in [6, 6.07) is 7.86. The first kappa shape index (κ1) is 17.0. The number of nitrogens with zero attached hydrogens (tertiary/aromatic N) is 2. The maximum absolute atomic E-state index is 13.7. The maximum Gasteiger partial charge on any atom is 0.245 e. The minimum absolute atomic E-state index is 0.161. The summed E-state index contributed by atoms with van der Waals surface area (Å²) in [5.41, 5.74) is 1.65. The van der Waals surface area contributed by atoms with Gasteiger partial charge < -0.3 is 0 Å². The first-order chi connectivity index (χ1) is 12.1. The van der Waals surface area contributed by atoms with E-state index in [1.807, 2.05) is 29.4 Å². The molecule has 2 fully saturated rings. The second-order valence-corrected chi connectivity index (χ2v) is 9.36. The summed E-state index contributed by atoms with van der Waals surface area (Å²) in [5.74, 6) is 0. The monoisotopic (exact) mass is 358 g/mol. The minimum Gasteiger partial charge on any atom is -0.255 e. The molecule has 0 unspecified atom stereocenters. The van der Waals surface area contributed by atoms with Crippen LogP contribution in [0.15, 0.2) is 35.4 Å². The molecule has 0 atom stereocenters. The average Bonchev–Trinajstić information content (AvgIpc) is 3.28. The zero-order valence-electron chi connectivity index (χ0n) is 14.8. The summed E-state index contributed by atoms with van der Waals surface area (Å²) in [7, 11) is -3.54. The average molecular weight is 359 g/mol. The number of pyridine rings is 1. The molecule has 0 saturated heterocycles. The molecule has 1 aromatic carbocycles. The molecule has 1 aromatic heterocycles. The fourth-order valence-electron chi connectivity index (χ4n) is 4.57. The molecule has 0 radical (unpaired) electrons. The van der Waals surface area contributed by atoms with Crippen molar-refractivity contribution in [3.63, 3.8) is 0 Å². The summed E-state index contributed by atoms with van der Waals surface area (Å²) >= 11 is 0. The van der Waals surface area contributed by atoms with E-state index in [2.05, 4.69) is 4.98 Å². The number of aryl methyl sites for hydroxylation is 1. The van der Waals surface area contributed by atoms with Gasteiger partial charge in [0.15, 0.2) is 0 Å². The molecule has 0 bridgehead atoms. The second kappa shape index (κ2) is 6.69. The molecule has 0 spiro atoms. The number of para-hydroxylation sites is 1. The molecule has 0 aliphatic heterocycles. The Morgan fingerprint density at radius 1 is 1.00 bits per heavy atom. The highest BCUT2D eigenvalue weighted by Gasteiger charge is 2.40. The Bertz CT molecular complexity index is 850. The van der Waals surface area contributed by atoms with E-state index in [9.17, 15) is 8.42 Å². The largest absolute Gasteiger partial charge is 0.255 e. The van der Waals surface area contributed by atoms with Crippen molar-refractivity contribution in [3.05, 3.63) is 36.0 Å². The fraction of sp³-hybridized carbons (Fsp3) is 0.550. The summed E-state index contributed by atoms with van der Waals surface area (Å²) in [4.78, 5) is 4.86. The van der Waals surface area contributed by atoms with Gasteiger partial charge in [-0.1, -0.05) is 37.8 Å². The molecule has 5 heteroatoms. The van der Waals surface area contributed by atoms with Gasteiger partial charge in [0.25, 0.3) is 0 Å². The summed E-state index contributed by atoms with van der Waals surface area (Å²) in [6.07, 6.45) is 10.3. The van der Waals surface area contributed by atoms with Crippen molar-refractivity contribution >= 4 is 20.9 Å². The summed E-state index contributed by atoms with van der Waals surface area (Å²) < 4.78 is 29.3. The highest BCUT2D eigenvalue weighted by molar-refractivity contribution is 7.89. The van der Waals surface area contributed by atoms with E-state index < -0.39 is 10.0 Å². The van der Waals surface area contributed by atoms with Crippen LogP contribution in [0.3, 0.4) is 0 Å². The standard InChI is InChI=1S/C20H26N2O2S/c1-15-13-16-7-6-12-19(20(16)21-14-15)25(23,24)22(17-8-2-3-9-17)18-10-4-5-11-18/h6-7,12-14,17-18H,2-5,8-11H2,1H3. The zero-order valence-corrected chi connectivity index (χ0v) is 15.6. The third kappa shape index (κ3) is 3.08. The lowest BCUT2D eigenvalue weighted by Crippen LogP contribution is -2.45. The van der Waals surface area contributed by atoms with Gasteiger partial charge in [-0.05, 0) is 50.3 Å². The predicted molar refractivity (Wildman–Crippen MR) is 100 cm³/mol. The van der Waals surface area contributed by atoms with Crippen LogP contribution in [0.5, 0.6) is 0 Å². The van der Waals surface area contributed by atoms with E-state index in [4.69, 9.17) is 0 Å². The number of hydrogen-bond donors (Lipinski definition) is 0. The topological polar surface area (TPSA) is 50.3 Å². The van der Waals surface area contributed by atoms with Gasteiger partial charge >= 0.3 is 0 Å². The van der Waals surface area contributed by atoms with Crippen LogP contribution in [-0.2, 0) is 10.0 Å². The molecule has 1 heterocycles. The Hall–Kier alpha value is -1.46. The second-order valence-electron chi connectivity index (χ2n) is 7.55. The first-order valence-corrected chi connectivity index (χ1v) is 10.9. The number of aromatic nitrogens is 1. The molecule has 4 rings (SSSR count). The van der Waals surface area contributed by atoms with Crippen LogP contribution in [0.25, 0.3) is 10.9 Å². The number of rotatable bonds is 4. The normalized spacial score (nSPS) is 20.1. The molecule has 4 nitrogen and oxygen atoms in total. The van der Waals surface area contributed by atoms with Crippen LogP contribution in [0.4, 0.5) is 0 Å². The highest BCUT2D eigenvalue weighted by atomic mass is 32.2. The molecule has 2 aromatic rings. The van der Waals surface area contributed by atoms with Gasteiger partial charge in [-0.15, -0.1) is 0 Å². The first-order valence-electron chi connectivity index (χ1n) is 9.46. The Labute approximate surface area is 150 Å². The van der Waals surface area contributed by atoms with Gasteiger partial charge in [0.1, 0.15) is 4.90 Å². The number of benzene rings is 1. The van der Waals surface area contributed by atoms with Gasteiger partial charge in [0.2, 0.25) is 10.0 Å². The SMILES string of the molecule is Cc1cnc2c(S(=O)(=O)N(C3CCCC3)C3CCCC3)cccc2c1. The molecule has 0 amide bonds. The third-order valence-electron chi connectivity index (χ3n) is 5.74. The lowest BCUT2D eigenvalue weighted by Gasteiger charge is -2.33. The van der Waals surface area contributed by atoms with Gasteiger partial charge in [-0.25, -0.2) is 8.42 Å². The van der Waals surface area contributed by atoms with Crippen LogP contribution >= 0.6 is 0 Å². The summed E-state index contributed by atoms with van der Waals surface area (Å²) in [6.45, 7) is 1.98. The van der Waals surface area contributed by atoms with Gasteiger partial charge in [0.05, 0.1) is 5.52 Å². The zero-order chi connectivity index (χ0) is 17.4. The van der Waals surface area contributed by atoms with Crippen molar-refractivity contribution in [2.45, 2.75) is 75.3 Å². The lowest BCUT2D eigenvalue weighted by molar-refractivity contribution is 0.252. The van der Waals surface area contributed by atoms with E-state index in [1.165, 1.54) is 0 Å². The molecule has 2 aliphatic rings. The van der Waals surface area contributed by atoms with Gasteiger partial charge in [-0.3, -0.25) is 4.98 Å². The van der Waals surface area contributed by atoms with Crippen LogP contribution in [0, 0.1) is 6.92 Å². The third-order valence-corrected chi connectivity index (χ3v) is 7.77. The Morgan fingerprint density at radius 2 is 1.60 bits per heavy atom. The fourth-order valence-corrected chi connectivity index (χ4v) is 6.67. The van der Waals surface area contributed by atoms with E-state index in [1.54, 1.807) is 12.3 Å². The molecular formula is C20H26N2O2S.